The number of aryl methyl sites for hydroxylation is 1. The van der Waals surface area contributed by atoms with Crippen molar-refractivity contribution < 1.29 is 9.90 Å². The van der Waals surface area contributed by atoms with E-state index in [0.717, 1.165) is 10.9 Å². The molecule has 1 aromatic carbocycles. The van der Waals surface area contributed by atoms with Crippen molar-refractivity contribution in [3.05, 3.63) is 64.1 Å². The number of nitrogens with one attached hydrogen (secondary N) is 1. The normalized spacial score (nSPS) is 12.1. The van der Waals surface area contributed by atoms with Crippen LogP contribution in [0.1, 0.15) is 35.8 Å². The lowest BCUT2D eigenvalue weighted by Gasteiger charge is -2.15. The average Bonchev–Trinajstić information content (AvgIpc) is 2.61. The molecule has 7 nitrogen and oxygen atoms in total. The predicted octanol–water partition coefficient (Wildman–Crippen LogP) is 2.68. The number of nitrogens with zero attached hydrogens (tertiary/aromatic N) is 3. The molecular weight excluding hydrogens is 320 g/mol. The summed E-state index contributed by atoms with van der Waals surface area (Å²) in [5.74, 6) is -0.544. The number of benzene rings is 1. The highest BCUT2D eigenvalue weighted by Crippen LogP contribution is 2.19. The standard InChI is InChI=1S/C18H18N4O3/c1-3-22-15(23)9-8-14-10-19-18(21-16(14)22)20-11(2)12-4-6-13(7-5-12)17(24)25/h4-11H,3H2,1-2H3,(H,24,25)(H,19,20,21)/t11-/m0/s1. The van der Waals surface area contributed by atoms with E-state index in [9.17, 15) is 9.59 Å². The number of rotatable bonds is 5. The summed E-state index contributed by atoms with van der Waals surface area (Å²) in [7, 11) is 0. The molecule has 3 rings (SSSR count). The summed E-state index contributed by atoms with van der Waals surface area (Å²) >= 11 is 0. The molecule has 0 fully saturated rings. The van der Waals surface area contributed by atoms with Crippen LogP contribution in [-0.2, 0) is 6.54 Å². The van der Waals surface area contributed by atoms with Gasteiger partial charge in [-0.05, 0) is 37.6 Å². The Balaban J connectivity index is 1.89. The van der Waals surface area contributed by atoms with Crippen molar-refractivity contribution in [2.45, 2.75) is 26.4 Å². The third kappa shape index (κ3) is 3.35. The quantitative estimate of drug-likeness (QED) is 0.742. The molecule has 0 saturated carbocycles. The van der Waals surface area contributed by atoms with Crippen LogP contribution in [0.25, 0.3) is 11.0 Å². The fraction of sp³-hybridized carbons (Fsp3) is 0.222. The smallest absolute Gasteiger partial charge is 0.335 e. The topological polar surface area (TPSA) is 97.1 Å². The van der Waals surface area contributed by atoms with Gasteiger partial charge in [-0.3, -0.25) is 9.36 Å². The highest BCUT2D eigenvalue weighted by molar-refractivity contribution is 5.87. The van der Waals surface area contributed by atoms with Crippen molar-refractivity contribution >= 4 is 23.0 Å². The number of carbonyl (C=O) groups is 1. The monoisotopic (exact) mass is 338 g/mol. The number of anilines is 1. The van der Waals surface area contributed by atoms with Gasteiger partial charge < -0.3 is 10.4 Å². The van der Waals surface area contributed by atoms with Crippen LogP contribution in [0.15, 0.2) is 47.4 Å². The lowest BCUT2D eigenvalue weighted by Crippen LogP contribution is -2.19. The average molecular weight is 338 g/mol. The molecule has 0 unspecified atom stereocenters. The van der Waals surface area contributed by atoms with E-state index in [-0.39, 0.29) is 17.2 Å². The summed E-state index contributed by atoms with van der Waals surface area (Å²) in [5.41, 5.74) is 1.64. The van der Waals surface area contributed by atoms with Gasteiger partial charge in [0.2, 0.25) is 5.95 Å². The van der Waals surface area contributed by atoms with Gasteiger partial charge in [-0.1, -0.05) is 12.1 Å². The van der Waals surface area contributed by atoms with Gasteiger partial charge in [0.15, 0.2) is 0 Å². The predicted molar refractivity (Wildman–Crippen MR) is 94.9 cm³/mol. The molecule has 0 saturated heterocycles. The van der Waals surface area contributed by atoms with E-state index in [1.54, 1.807) is 41.1 Å². The lowest BCUT2D eigenvalue weighted by atomic mass is 10.1. The molecule has 0 aliphatic carbocycles. The van der Waals surface area contributed by atoms with E-state index in [2.05, 4.69) is 15.3 Å². The molecule has 3 aromatic rings. The van der Waals surface area contributed by atoms with E-state index in [1.165, 1.54) is 6.07 Å². The molecule has 0 amide bonds. The highest BCUT2D eigenvalue weighted by atomic mass is 16.4. The zero-order valence-electron chi connectivity index (χ0n) is 13.9. The van der Waals surface area contributed by atoms with Gasteiger partial charge in [-0.15, -0.1) is 0 Å². The Morgan fingerprint density at radius 1 is 1.24 bits per heavy atom. The van der Waals surface area contributed by atoms with E-state index >= 15 is 0 Å². The van der Waals surface area contributed by atoms with Crippen LogP contribution in [0.4, 0.5) is 5.95 Å². The summed E-state index contributed by atoms with van der Waals surface area (Å²) in [6.07, 6.45) is 1.68. The third-order valence-electron chi connectivity index (χ3n) is 4.04. The fourth-order valence-corrected chi connectivity index (χ4v) is 2.64. The molecular formula is C18H18N4O3. The summed E-state index contributed by atoms with van der Waals surface area (Å²) in [6, 6.07) is 9.73. The second-order valence-electron chi connectivity index (χ2n) is 5.68. The Labute approximate surface area is 144 Å². The zero-order valence-corrected chi connectivity index (χ0v) is 13.9. The molecule has 0 aliphatic rings. The molecule has 0 bridgehead atoms. The molecule has 25 heavy (non-hydrogen) atoms. The first-order chi connectivity index (χ1) is 12.0. The Kier molecular flexibility index (Phi) is 4.47. The largest absolute Gasteiger partial charge is 0.478 e. The Morgan fingerprint density at radius 2 is 1.96 bits per heavy atom. The van der Waals surface area contributed by atoms with E-state index in [4.69, 9.17) is 5.11 Å². The Morgan fingerprint density at radius 3 is 2.60 bits per heavy atom. The molecule has 2 aromatic heterocycles. The van der Waals surface area contributed by atoms with Crippen molar-refractivity contribution in [2.75, 3.05) is 5.32 Å². The number of hydrogen-bond acceptors (Lipinski definition) is 5. The van der Waals surface area contributed by atoms with Crippen LogP contribution in [0, 0.1) is 0 Å². The maximum absolute atomic E-state index is 11.9. The number of aromatic carboxylic acids is 1. The molecule has 0 radical (unpaired) electrons. The van der Waals surface area contributed by atoms with Gasteiger partial charge in [0.05, 0.1) is 11.6 Å². The number of pyridine rings is 1. The Hall–Kier alpha value is -3.22. The van der Waals surface area contributed by atoms with Gasteiger partial charge in [0.1, 0.15) is 5.65 Å². The first kappa shape index (κ1) is 16.6. The van der Waals surface area contributed by atoms with Crippen molar-refractivity contribution in [3.63, 3.8) is 0 Å². The van der Waals surface area contributed by atoms with E-state index in [0.29, 0.717) is 18.1 Å². The second kappa shape index (κ2) is 6.72. The second-order valence-corrected chi connectivity index (χ2v) is 5.68. The molecule has 0 spiro atoms. The van der Waals surface area contributed by atoms with Crippen LogP contribution in [-0.4, -0.2) is 25.6 Å². The molecule has 2 N–H and O–H groups in total. The van der Waals surface area contributed by atoms with Crippen molar-refractivity contribution in [2.24, 2.45) is 0 Å². The van der Waals surface area contributed by atoms with Gasteiger partial charge in [-0.25, -0.2) is 9.78 Å². The van der Waals surface area contributed by atoms with Crippen LogP contribution >= 0.6 is 0 Å². The van der Waals surface area contributed by atoms with Crippen LogP contribution in [0.5, 0.6) is 0 Å². The fourth-order valence-electron chi connectivity index (χ4n) is 2.64. The maximum Gasteiger partial charge on any atom is 0.335 e. The van der Waals surface area contributed by atoms with E-state index < -0.39 is 5.97 Å². The van der Waals surface area contributed by atoms with Gasteiger partial charge in [-0.2, -0.15) is 4.98 Å². The summed E-state index contributed by atoms with van der Waals surface area (Å²) in [5, 5.41) is 12.9. The highest BCUT2D eigenvalue weighted by Gasteiger charge is 2.11. The van der Waals surface area contributed by atoms with E-state index in [1.807, 2.05) is 13.8 Å². The van der Waals surface area contributed by atoms with Crippen LogP contribution in [0.3, 0.4) is 0 Å². The van der Waals surface area contributed by atoms with Gasteiger partial charge in [0.25, 0.3) is 5.56 Å². The summed E-state index contributed by atoms with van der Waals surface area (Å²) in [6.45, 7) is 4.35. The minimum atomic E-state index is -0.956. The number of carboxylic acid groups (broad SMARTS) is 1. The molecule has 7 heteroatoms. The third-order valence-corrected chi connectivity index (χ3v) is 4.04. The molecule has 2 heterocycles. The van der Waals surface area contributed by atoms with Crippen molar-refractivity contribution in [1.29, 1.82) is 0 Å². The molecule has 1 atom stereocenters. The van der Waals surface area contributed by atoms with Crippen molar-refractivity contribution in [3.8, 4) is 0 Å². The minimum Gasteiger partial charge on any atom is -0.478 e. The first-order valence-electron chi connectivity index (χ1n) is 7.96. The lowest BCUT2D eigenvalue weighted by molar-refractivity contribution is 0.0697. The minimum absolute atomic E-state index is 0.100. The van der Waals surface area contributed by atoms with Crippen molar-refractivity contribution in [1.82, 2.24) is 14.5 Å². The SMILES string of the molecule is CCn1c(=O)ccc2cnc(N[C@@H](C)c3ccc(C(=O)O)cc3)nc21. The number of aromatic nitrogens is 3. The summed E-state index contributed by atoms with van der Waals surface area (Å²) < 4.78 is 1.59. The molecule has 0 aliphatic heterocycles. The number of hydrogen-bond donors (Lipinski definition) is 2. The van der Waals surface area contributed by atoms with Crippen LogP contribution < -0.4 is 10.9 Å². The van der Waals surface area contributed by atoms with Crippen LogP contribution in [0.2, 0.25) is 0 Å². The maximum atomic E-state index is 11.9. The first-order valence-corrected chi connectivity index (χ1v) is 7.96. The van der Waals surface area contributed by atoms with Gasteiger partial charge >= 0.3 is 5.97 Å². The number of carboxylic acids is 1. The number of fused-ring (bicyclic) bond motifs is 1. The Bertz CT molecular complexity index is 980. The zero-order chi connectivity index (χ0) is 18.0. The molecule has 128 valence electrons. The summed E-state index contributed by atoms with van der Waals surface area (Å²) in [4.78, 5) is 31.6. The van der Waals surface area contributed by atoms with Gasteiger partial charge in [0, 0.05) is 24.2 Å².